The van der Waals surface area contributed by atoms with E-state index in [-0.39, 0.29) is 0 Å². The van der Waals surface area contributed by atoms with Gasteiger partial charge in [-0.3, -0.25) is 0 Å². The summed E-state index contributed by atoms with van der Waals surface area (Å²) in [5.41, 5.74) is 7.24. The Hall–Kier alpha value is -2.55. The van der Waals surface area contributed by atoms with Crippen molar-refractivity contribution < 1.29 is 13.6 Å². The van der Waals surface area contributed by atoms with Gasteiger partial charge in [0.1, 0.15) is 17.3 Å². The van der Waals surface area contributed by atoms with E-state index in [0.717, 1.165) is 5.56 Å². The maximum absolute atomic E-state index is 13.5. The summed E-state index contributed by atoms with van der Waals surface area (Å²) in [6.07, 6.45) is 0.387. The molecule has 0 aromatic heterocycles. The first-order valence-electron chi connectivity index (χ1n) is 8.04. The van der Waals surface area contributed by atoms with Gasteiger partial charge in [-0.1, -0.05) is 66.7 Å². The number of benzene rings is 3. The lowest BCUT2D eigenvalue weighted by atomic mass is 10.2. The molecule has 3 rings (SSSR count). The summed E-state index contributed by atoms with van der Waals surface area (Å²) in [5.74, 6) is 0.130. The molecule has 0 fully saturated rings. The van der Waals surface area contributed by atoms with Gasteiger partial charge in [-0.25, -0.2) is 4.57 Å². The smallest absolute Gasteiger partial charge is 0.415 e. The molecule has 0 bridgehead atoms. The van der Waals surface area contributed by atoms with E-state index in [1.807, 2.05) is 66.7 Å². The van der Waals surface area contributed by atoms with Crippen LogP contribution >= 0.6 is 7.60 Å². The van der Waals surface area contributed by atoms with Crippen LogP contribution in [-0.2, 0) is 11.0 Å². The predicted molar refractivity (Wildman–Crippen MR) is 99.9 cm³/mol. The average Bonchev–Trinajstić information content (AvgIpc) is 2.64. The van der Waals surface area contributed by atoms with Crippen LogP contribution in [0, 0.1) is 0 Å². The summed E-state index contributed by atoms with van der Waals surface area (Å²) >= 11 is 0. The van der Waals surface area contributed by atoms with Crippen LogP contribution in [0.4, 0.5) is 0 Å². The molecule has 0 amide bonds. The molecule has 0 saturated carbocycles. The predicted octanol–water partition coefficient (Wildman–Crippen LogP) is 4.87. The SMILES string of the molecule is N[C@H](Cc1ccccc1)P(=O)(Oc1ccccc1)Oc1ccccc1. The van der Waals surface area contributed by atoms with E-state index >= 15 is 0 Å². The first-order chi connectivity index (χ1) is 12.2. The van der Waals surface area contributed by atoms with Crippen molar-refractivity contribution in [1.29, 1.82) is 0 Å². The summed E-state index contributed by atoms with van der Waals surface area (Å²) in [7, 11) is -3.64. The maximum atomic E-state index is 13.5. The van der Waals surface area contributed by atoms with E-state index in [0.29, 0.717) is 17.9 Å². The van der Waals surface area contributed by atoms with Gasteiger partial charge in [-0.05, 0) is 29.8 Å². The van der Waals surface area contributed by atoms with E-state index in [9.17, 15) is 4.57 Å². The zero-order valence-electron chi connectivity index (χ0n) is 13.7. The van der Waals surface area contributed by atoms with Crippen molar-refractivity contribution in [1.82, 2.24) is 0 Å². The molecule has 0 saturated heterocycles. The molecule has 0 heterocycles. The minimum absolute atomic E-state index is 0.387. The fraction of sp³-hybridized carbons (Fsp3) is 0.100. The van der Waals surface area contributed by atoms with Gasteiger partial charge in [0.25, 0.3) is 0 Å². The molecule has 1 atom stereocenters. The Morgan fingerprint density at radius 1 is 0.720 bits per heavy atom. The summed E-state index contributed by atoms with van der Waals surface area (Å²) in [5, 5.41) is 0. The van der Waals surface area contributed by atoms with Crippen molar-refractivity contribution in [2.24, 2.45) is 5.73 Å². The molecule has 3 aromatic carbocycles. The zero-order valence-corrected chi connectivity index (χ0v) is 14.6. The van der Waals surface area contributed by atoms with E-state index in [1.165, 1.54) is 0 Å². The number of rotatable bonds is 7. The van der Waals surface area contributed by atoms with E-state index in [2.05, 4.69) is 0 Å². The van der Waals surface area contributed by atoms with Crippen LogP contribution in [-0.4, -0.2) is 5.78 Å². The first-order valence-corrected chi connectivity index (χ1v) is 9.65. The van der Waals surface area contributed by atoms with Crippen molar-refractivity contribution in [2.45, 2.75) is 12.2 Å². The fourth-order valence-electron chi connectivity index (χ4n) is 2.38. The Labute approximate surface area is 147 Å². The molecule has 5 heteroatoms. The van der Waals surface area contributed by atoms with Crippen LogP contribution in [0.3, 0.4) is 0 Å². The third-order valence-corrected chi connectivity index (χ3v) is 5.57. The molecule has 0 aliphatic carbocycles. The maximum Gasteiger partial charge on any atom is 0.447 e. The van der Waals surface area contributed by atoms with Crippen molar-refractivity contribution in [3.8, 4) is 11.5 Å². The first kappa shape index (κ1) is 17.3. The number of nitrogens with two attached hydrogens (primary N) is 1. The molecule has 128 valence electrons. The monoisotopic (exact) mass is 353 g/mol. The lowest BCUT2D eigenvalue weighted by molar-refractivity contribution is 0.371. The van der Waals surface area contributed by atoms with Crippen molar-refractivity contribution in [3.63, 3.8) is 0 Å². The van der Waals surface area contributed by atoms with E-state index < -0.39 is 13.4 Å². The second kappa shape index (κ2) is 8.02. The quantitative estimate of drug-likeness (QED) is 0.616. The molecule has 25 heavy (non-hydrogen) atoms. The molecule has 0 aliphatic heterocycles. The normalized spacial score (nSPS) is 12.4. The summed E-state index contributed by atoms with van der Waals surface area (Å²) in [6.45, 7) is 0. The van der Waals surface area contributed by atoms with Crippen molar-refractivity contribution in [3.05, 3.63) is 96.6 Å². The number of para-hydroxylation sites is 2. The lowest BCUT2D eigenvalue weighted by Gasteiger charge is -2.25. The zero-order chi connectivity index (χ0) is 17.5. The molecule has 3 aromatic rings. The highest BCUT2D eigenvalue weighted by Crippen LogP contribution is 2.51. The second-order valence-corrected chi connectivity index (χ2v) is 7.71. The topological polar surface area (TPSA) is 61.6 Å². The minimum atomic E-state index is -3.64. The lowest BCUT2D eigenvalue weighted by Crippen LogP contribution is -2.28. The van der Waals surface area contributed by atoms with Gasteiger partial charge < -0.3 is 14.8 Å². The van der Waals surface area contributed by atoms with Crippen molar-refractivity contribution in [2.75, 3.05) is 0 Å². The van der Waals surface area contributed by atoms with Gasteiger partial charge in [-0.2, -0.15) is 0 Å². The molecule has 0 unspecified atom stereocenters. The number of hydrogen-bond donors (Lipinski definition) is 1. The standard InChI is InChI=1S/C20H20NO3P/c21-20(16-17-10-4-1-5-11-17)25(22,23-18-12-6-2-7-13-18)24-19-14-8-3-9-15-19/h1-15,20H,16,21H2/t20-/m0/s1. The Kier molecular flexibility index (Phi) is 5.54. The summed E-state index contributed by atoms with van der Waals surface area (Å²) in [4.78, 5) is 0. The van der Waals surface area contributed by atoms with Gasteiger partial charge in [0, 0.05) is 6.42 Å². The molecule has 2 N–H and O–H groups in total. The van der Waals surface area contributed by atoms with Gasteiger partial charge in [-0.15, -0.1) is 0 Å². The molecule has 0 spiro atoms. The van der Waals surface area contributed by atoms with Crippen LogP contribution < -0.4 is 14.8 Å². The highest BCUT2D eigenvalue weighted by molar-refractivity contribution is 7.55. The Bertz CT molecular complexity index is 780. The van der Waals surface area contributed by atoms with Crippen LogP contribution in [0.25, 0.3) is 0 Å². The number of hydrogen-bond acceptors (Lipinski definition) is 4. The summed E-state index contributed by atoms with van der Waals surface area (Å²) in [6, 6.07) is 27.5. The molecule has 0 radical (unpaired) electrons. The highest BCUT2D eigenvalue weighted by Gasteiger charge is 2.36. The third-order valence-electron chi connectivity index (χ3n) is 3.65. The van der Waals surface area contributed by atoms with E-state index in [1.54, 1.807) is 24.3 Å². The molecule has 0 aliphatic rings. The van der Waals surface area contributed by atoms with Crippen LogP contribution in [0.2, 0.25) is 0 Å². The average molecular weight is 353 g/mol. The Morgan fingerprint density at radius 2 is 1.12 bits per heavy atom. The largest absolute Gasteiger partial charge is 0.447 e. The van der Waals surface area contributed by atoms with Crippen LogP contribution in [0.15, 0.2) is 91.0 Å². The van der Waals surface area contributed by atoms with Crippen LogP contribution in [0.5, 0.6) is 11.5 Å². The molecule has 4 nitrogen and oxygen atoms in total. The van der Waals surface area contributed by atoms with Crippen molar-refractivity contribution >= 4 is 7.60 Å². The highest BCUT2D eigenvalue weighted by atomic mass is 31.2. The van der Waals surface area contributed by atoms with Gasteiger partial charge >= 0.3 is 7.60 Å². The molecular formula is C20H20NO3P. The third kappa shape index (κ3) is 4.72. The van der Waals surface area contributed by atoms with Gasteiger partial charge in [0.2, 0.25) is 0 Å². The Morgan fingerprint density at radius 3 is 1.56 bits per heavy atom. The van der Waals surface area contributed by atoms with Gasteiger partial charge in [0.15, 0.2) is 0 Å². The minimum Gasteiger partial charge on any atom is -0.415 e. The molecular weight excluding hydrogens is 333 g/mol. The van der Waals surface area contributed by atoms with Gasteiger partial charge in [0.05, 0.1) is 0 Å². The summed E-state index contributed by atoms with van der Waals surface area (Å²) < 4.78 is 25.0. The second-order valence-electron chi connectivity index (χ2n) is 5.61. The Balaban J connectivity index is 1.86. The van der Waals surface area contributed by atoms with E-state index in [4.69, 9.17) is 14.8 Å². The fourth-order valence-corrected chi connectivity index (χ4v) is 3.95. The van der Waals surface area contributed by atoms with Crippen LogP contribution in [0.1, 0.15) is 5.56 Å².